The van der Waals surface area contributed by atoms with Gasteiger partial charge < -0.3 is 49.7 Å². The third kappa shape index (κ3) is 13.1. The topological polar surface area (TPSA) is 168 Å². The monoisotopic (exact) mass is 688 g/mol. The highest BCUT2D eigenvalue weighted by molar-refractivity contribution is 6.31. The van der Waals surface area contributed by atoms with Gasteiger partial charge in [0.05, 0.1) is 89.5 Å². The lowest BCUT2D eigenvalue weighted by Crippen LogP contribution is -2.23. The van der Waals surface area contributed by atoms with Crippen LogP contribution >= 0.6 is 0 Å². The summed E-state index contributed by atoms with van der Waals surface area (Å²) < 4.78 is 32.6. The highest BCUT2D eigenvalue weighted by atomic mass is 16.6. The molecule has 0 atom stereocenters. The van der Waals surface area contributed by atoms with E-state index in [1.807, 2.05) is 24.3 Å². The molecular weight excluding hydrogens is 644 g/mol. The van der Waals surface area contributed by atoms with Crippen molar-refractivity contribution >= 4 is 28.6 Å². The quantitative estimate of drug-likeness (QED) is 0.0319. The third-order valence-electron chi connectivity index (χ3n) is 6.83. The van der Waals surface area contributed by atoms with Gasteiger partial charge in [-0.05, 0) is 48.6 Å². The normalized spacial score (nSPS) is 11.7. The van der Waals surface area contributed by atoms with Gasteiger partial charge in [0.2, 0.25) is 0 Å². The third-order valence-corrected chi connectivity index (χ3v) is 6.83. The van der Waals surface area contributed by atoms with E-state index < -0.39 is 0 Å². The average molecular weight is 689 g/mol. The lowest BCUT2D eigenvalue weighted by atomic mass is 9.82. The van der Waals surface area contributed by atoms with Crippen molar-refractivity contribution in [3.63, 3.8) is 0 Å². The van der Waals surface area contributed by atoms with Gasteiger partial charge in [-0.3, -0.25) is 9.59 Å². The summed E-state index contributed by atoms with van der Waals surface area (Å²) in [5.74, 6) is 2.36. The molecule has 5 N–H and O–H groups in total. The number of nitrogens with one attached hydrogen (secondary N) is 1. The van der Waals surface area contributed by atoms with Crippen molar-refractivity contribution in [3.8, 4) is 18.1 Å². The summed E-state index contributed by atoms with van der Waals surface area (Å²) in [5.41, 5.74) is 8.88. The number of nitrogen functional groups attached to an aromatic ring is 1. The number of hydrogen-bond acceptors (Lipinski definition) is 12. The molecule has 0 bridgehead atoms. The Morgan fingerprint density at radius 3 is 1.72 bits per heavy atom. The van der Waals surface area contributed by atoms with Crippen LogP contribution in [0.4, 0.5) is 17.1 Å². The summed E-state index contributed by atoms with van der Waals surface area (Å²) in [6.07, 6.45) is 7.51. The first kappa shape index (κ1) is 39.4. The minimum absolute atomic E-state index is 0.0125. The lowest BCUT2D eigenvalue weighted by molar-refractivity contribution is -0.0146. The smallest absolute Gasteiger partial charge is 0.196 e. The number of ketones is 2. The summed E-state index contributed by atoms with van der Waals surface area (Å²) in [7, 11) is 0. The Hall–Kier alpha value is -5.00. The summed E-state index contributed by atoms with van der Waals surface area (Å²) in [5, 5.41) is 20.1. The second-order valence-corrected chi connectivity index (χ2v) is 10.4. The molecule has 1 aliphatic carbocycles. The molecule has 0 aliphatic heterocycles. The van der Waals surface area contributed by atoms with Gasteiger partial charge in [0.25, 0.3) is 0 Å². The summed E-state index contributed by atoms with van der Waals surface area (Å²) in [6.45, 7) is 8.02. The number of benzene rings is 3. The number of ether oxygens (including phenoxy) is 6. The fourth-order valence-corrected chi connectivity index (χ4v) is 4.55. The highest BCUT2D eigenvalue weighted by Gasteiger charge is 2.33. The number of carbonyl (C=O) groups is 2. The van der Waals surface area contributed by atoms with Gasteiger partial charge in [-0.25, -0.2) is 0 Å². The molecule has 4 rings (SSSR count). The molecule has 0 fully saturated rings. The molecule has 266 valence electrons. The second-order valence-electron chi connectivity index (χ2n) is 10.4. The molecule has 0 saturated carbocycles. The minimum Gasteiger partial charge on any atom is -0.509 e. The number of carbonyl (C=O) groups excluding carboxylic acids is 2. The van der Waals surface area contributed by atoms with Crippen LogP contribution in [-0.2, 0) is 23.7 Å². The molecule has 12 heteroatoms. The Kier molecular flexibility index (Phi) is 17.8. The van der Waals surface area contributed by atoms with Crippen LogP contribution in [0.25, 0.3) is 0 Å². The predicted octanol–water partition coefficient (Wildman–Crippen LogP) is 4.49. The number of anilines is 3. The molecule has 50 heavy (non-hydrogen) atoms. The molecule has 0 radical (unpaired) electrons. The van der Waals surface area contributed by atoms with E-state index in [0.717, 1.165) is 5.69 Å². The van der Waals surface area contributed by atoms with Crippen LogP contribution < -0.4 is 15.8 Å². The van der Waals surface area contributed by atoms with E-state index >= 15 is 0 Å². The van der Waals surface area contributed by atoms with Gasteiger partial charge in [-0.1, -0.05) is 36.8 Å². The number of nitrogens with two attached hydrogens (primary N) is 1. The zero-order valence-corrected chi connectivity index (χ0v) is 27.9. The molecule has 3 aromatic carbocycles. The van der Waals surface area contributed by atoms with Crippen molar-refractivity contribution in [1.82, 2.24) is 0 Å². The van der Waals surface area contributed by atoms with Crippen LogP contribution in [0, 0.1) is 12.3 Å². The van der Waals surface area contributed by atoms with Crippen LogP contribution in [0.2, 0.25) is 0 Å². The molecule has 0 spiro atoms. The van der Waals surface area contributed by atoms with Crippen molar-refractivity contribution < 1.29 is 48.2 Å². The highest BCUT2D eigenvalue weighted by Crippen LogP contribution is 2.36. The molecule has 0 unspecified atom stereocenters. The molecule has 0 amide bonds. The maximum absolute atomic E-state index is 13.3. The van der Waals surface area contributed by atoms with Gasteiger partial charge in [0, 0.05) is 22.5 Å². The number of aliphatic hydroxyl groups excluding tert-OH is 2. The number of rotatable bonds is 21. The Balaban J connectivity index is 0.000000872. The lowest BCUT2D eigenvalue weighted by Gasteiger charge is -2.22. The largest absolute Gasteiger partial charge is 0.509 e. The Labute approximate surface area is 292 Å². The van der Waals surface area contributed by atoms with E-state index in [4.69, 9.17) is 50.8 Å². The van der Waals surface area contributed by atoms with Gasteiger partial charge in [-0.15, -0.1) is 6.42 Å². The summed E-state index contributed by atoms with van der Waals surface area (Å²) in [6, 6.07) is 17.4. The van der Waals surface area contributed by atoms with Gasteiger partial charge in [-0.2, -0.15) is 0 Å². The zero-order valence-electron chi connectivity index (χ0n) is 27.9. The maximum atomic E-state index is 13.3. The zero-order chi connectivity index (χ0) is 36.0. The molecule has 1 aliphatic rings. The van der Waals surface area contributed by atoms with Gasteiger partial charge >= 0.3 is 0 Å². The standard InChI is InChI=1S/C32H38N2O9.C6H6O/c33-27-9-10-28(30-29(27)31(36)25-3-1-2-4-26(25)32(30)37)34-23-5-7-24(8-6-23)43-22-21-42-20-19-41-18-17-40-16-15-39-14-13-38-12-11-35;1-3-4-5-6(2)7/h1-10,34-35H,11-22,33H2;1,4-5,7H,2H2/b;5-4-. The van der Waals surface area contributed by atoms with Crippen molar-refractivity contribution in [2.45, 2.75) is 0 Å². The first-order valence-corrected chi connectivity index (χ1v) is 16.0. The Bertz CT molecular complexity index is 1600. The Morgan fingerprint density at radius 2 is 1.24 bits per heavy atom. The fourth-order valence-electron chi connectivity index (χ4n) is 4.55. The number of hydrogen-bond donors (Lipinski definition) is 4. The van der Waals surface area contributed by atoms with Crippen molar-refractivity contribution in [2.75, 3.05) is 90.3 Å². The number of aliphatic hydroxyl groups is 2. The van der Waals surface area contributed by atoms with E-state index in [0.29, 0.717) is 95.2 Å². The summed E-state index contributed by atoms with van der Waals surface area (Å²) >= 11 is 0. The molecule has 0 saturated heterocycles. The average Bonchev–Trinajstić information content (AvgIpc) is 3.12. The summed E-state index contributed by atoms with van der Waals surface area (Å²) in [4.78, 5) is 26.4. The van der Waals surface area contributed by atoms with Crippen LogP contribution in [0.1, 0.15) is 31.8 Å². The van der Waals surface area contributed by atoms with E-state index in [9.17, 15) is 9.59 Å². The second kappa shape index (κ2) is 22.6. The minimum atomic E-state index is -0.256. The van der Waals surface area contributed by atoms with E-state index in [1.165, 1.54) is 12.2 Å². The van der Waals surface area contributed by atoms with Gasteiger partial charge in [0.1, 0.15) is 18.1 Å². The predicted molar refractivity (Wildman–Crippen MR) is 190 cm³/mol. The molecule has 0 heterocycles. The van der Waals surface area contributed by atoms with Crippen LogP contribution in [0.15, 0.2) is 85.2 Å². The van der Waals surface area contributed by atoms with Gasteiger partial charge in [0.15, 0.2) is 11.6 Å². The molecule has 0 aromatic heterocycles. The van der Waals surface area contributed by atoms with E-state index in [-0.39, 0.29) is 40.7 Å². The van der Waals surface area contributed by atoms with Crippen molar-refractivity contribution in [2.24, 2.45) is 0 Å². The number of fused-ring (bicyclic) bond motifs is 2. The molecule has 3 aromatic rings. The van der Waals surface area contributed by atoms with Crippen LogP contribution in [-0.4, -0.2) is 101 Å². The van der Waals surface area contributed by atoms with Crippen LogP contribution in [0.3, 0.4) is 0 Å². The molecular formula is C38H44N2O10. The fraction of sp³-hybridized carbons (Fsp3) is 0.316. The first-order chi connectivity index (χ1) is 24.4. The van der Waals surface area contributed by atoms with Crippen molar-refractivity contribution in [3.05, 3.63) is 107 Å². The number of terminal acetylenes is 1. The van der Waals surface area contributed by atoms with Crippen molar-refractivity contribution in [1.29, 1.82) is 0 Å². The van der Waals surface area contributed by atoms with Crippen LogP contribution in [0.5, 0.6) is 5.75 Å². The van der Waals surface area contributed by atoms with E-state index in [1.54, 1.807) is 36.4 Å². The Morgan fingerprint density at radius 1 is 0.740 bits per heavy atom. The van der Waals surface area contributed by atoms with E-state index in [2.05, 4.69) is 17.8 Å². The first-order valence-electron chi connectivity index (χ1n) is 16.0. The number of allylic oxidation sites excluding steroid dienone is 2. The molecule has 12 nitrogen and oxygen atoms in total. The SMILES string of the molecule is C#C/C=C\C(=C)O.Nc1ccc(Nc2ccc(OCCOCCOCCOCCOCCOCCO)cc2)c2c1C(=O)c1ccccc1C2=O. The maximum Gasteiger partial charge on any atom is 0.196 e.